The fourth-order valence-corrected chi connectivity index (χ4v) is 2.57. The molecule has 0 aliphatic carbocycles. The Morgan fingerprint density at radius 2 is 2.08 bits per heavy atom. The van der Waals surface area contributed by atoms with Crippen LogP contribution in [0.1, 0.15) is 5.56 Å². The Labute approximate surface area is 139 Å². The molecule has 1 fully saturated rings. The number of benzene rings is 1. The summed E-state index contributed by atoms with van der Waals surface area (Å²) in [4.78, 5) is 24.6. The highest BCUT2D eigenvalue weighted by atomic mass is 16.5. The predicted molar refractivity (Wildman–Crippen MR) is 85.0 cm³/mol. The van der Waals surface area contributed by atoms with E-state index in [4.69, 9.17) is 19.3 Å². The van der Waals surface area contributed by atoms with Crippen molar-refractivity contribution < 1.29 is 28.9 Å². The molecule has 2 amide bonds. The van der Waals surface area contributed by atoms with Gasteiger partial charge in [-0.05, 0) is 18.2 Å². The number of nitrogens with one attached hydrogen (secondary N) is 1. The van der Waals surface area contributed by atoms with Crippen molar-refractivity contribution in [2.75, 3.05) is 21.3 Å². The van der Waals surface area contributed by atoms with Crippen molar-refractivity contribution in [3.63, 3.8) is 0 Å². The predicted octanol–water partition coefficient (Wildman–Crippen LogP) is 1.21. The maximum absolute atomic E-state index is 12.3. The molecule has 130 valence electrons. The topological polar surface area (TPSA) is 97.3 Å². The molecule has 24 heavy (non-hydrogen) atoms. The number of carbonyl (C=O) groups is 2. The first-order chi connectivity index (χ1) is 11.5. The molecule has 1 aromatic carbocycles. The van der Waals surface area contributed by atoms with Crippen LogP contribution in [0.25, 0.3) is 0 Å². The summed E-state index contributed by atoms with van der Waals surface area (Å²) < 4.78 is 15.4. The van der Waals surface area contributed by atoms with Crippen LogP contribution in [0, 0.1) is 0 Å². The van der Waals surface area contributed by atoms with Gasteiger partial charge in [0, 0.05) is 11.6 Å². The van der Waals surface area contributed by atoms with Gasteiger partial charge >= 0.3 is 6.09 Å². The minimum atomic E-state index is -1.24. The summed E-state index contributed by atoms with van der Waals surface area (Å²) in [7, 11) is 4.57. The highest BCUT2D eigenvalue weighted by Gasteiger charge is 2.47. The van der Waals surface area contributed by atoms with Crippen LogP contribution in [0.5, 0.6) is 11.5 Å². The summed E-state index contributed by atoms with van der Waals surface area (Å²) in [5, 5.41) is 11.1. The number of ether oxygens (including phenoxy) is 3. The molecule has 2 rings (SSSR count). The molecule has 1 aliphatic heterocycles. The molecular formula is C16H20N2O6. The van der Waals surface area contributed by atoms with Crippen LogP contribution in [-0.4, -0.2) is 55.4 Å². The summed E-state index contributed by atoms with van der Waals surface area (Å²) in [5.74, 6) is 0.930. The number of likely N-dealkylation sites (tertiary alicyclic amines) is 1. The summed E-state index contributed by atoms with van der Waals surface area (Å²) in [6, 6.07) is 4.06. The molecule has 1 heterocycles. The van der Waals surface area contributed by atoms with Crippen LogP contribution in [0.2, 0.25) is 0 Å². The molecule has 0 saturated carbocycles. The van der Waals surface area contributed by atoms with Crippen molar-refractivity contribution >= 4 is 12.0 Å². The van der Waals surface area contributed by atoms with Crippen molar-refractivity contribution in [3.8, 4) is 11.5 Å². The molecule has 0 unspecified atom stereocenters. The molecule has 0 bridgehead atoms. The Bertz CT molecular complexity index is 645. The number of carboxylic acid groups (broad SMARTS) is 1. The van der Waals surface area contributed by atoms with E-state index in [0.29, 0.717) is 11.5 Å². The van der Waals surface area contributed by atoms with Gasteiger partial charge in [-0.1, -0.05) is 0 Å². The summed E-state index contributed by atoms with van der Waals surface area (Å²) in [5.41, 5.74) is 0.788. The van der Waals surface area contributed by atoms with Gasteiger partial charge in [-0.2, -0.15) is 0 Å². The van der Waals surface area contributed by atoms with Crippen LogP contribution in [0.15, 0.2) is 30.5 Å². The first kappa shape index (κ1) is 17.5. The van der Waals surface area contributed by atoms with Crippen LogP contribution in [0.3, 0.4) is 0 Å². The van der Waals surface area contributed by atoms with Crippen molar-refractivity contribution in [2.24, 2.45) is 0 Å². The average Bonchev–Trinajstić information content (AvgIpc) is 2.59. The zero-order valence-electron chi connectivity index (χ0n) is 13.7. The lowest BCUT2D eigenvalue weighted by atomic mass is 9.94. The van der Waals surface area contributed by atoms with E-state index >= 15 is 0 Å². The van der Waals surface area contributed by atoms with Gasteiger partial charge in [0.15, 0.2) is 0 Å². The van der Waals surface area contributed by atoms with E-state index in [1.54, 1.807) is 36.3 Å². The largest absolute Gasteiger partial charge is 0.505 e. The van der Waals surface area contributed by atoms with Crippen molar-refractivity contribution in [1.29, 1.82) is 0 Å². The zero-order chi connectivity index (χ0) is 17.7. The first-order valence-electron chi connectivity index (χ1n) is 7.22. The maximum Gasteiger partial charge on any atom is 0.405 e. The monoisotopic (exact) mass is 336 g/mol. The normalized spacial score (nSPS) is 19.8. The molecule has 1 aliphatic rings. The molecule has 2 N–H and O–H groups in total. The van der Waals surface area contributed by atoms with Gasteiger partial charge in [-0.25, -0.2) is 4.79 Å². The Morgan fingerprint density at radius 3 is 2.67 bits per heavy atom. The molecule has 0 aromatic heterocycles. The third-order valence-corrected chi connectivity index (χ3v) is 3.78. The minimum Gasteiger partial charge on any atom is -0.505 e. The average molecular weight is 336 g/mol. The van der Waals surface area contributed by atoms with Gasteiger partial charge in [0.05, 0.1) is 40.2 Å². The second-order valence-corrected chi connectivity index (χ2v) is 5.13. The second kappa shape index (κ2) is 7.58. The third kappa shape index (κ3) is 3.53. The molecular weight excluding hydrogens is 316 g/mol. The fourth-order valence-electron chi connectivity index (χ4n) is 2.57. The van der Waals surface area contributed by atoms with Crippen molar-refractivity contribution in [2.45, 2.75) is 18.6 Å². The molecule has 1 saturated heterocycles. The summed E-state index contributed by atoms with van der Waals surface area (Å²) in [6.45, 7) is 0.280. The number of β-lactam (4-membered cyclic amide) rings is 1. The van der Waals surface area contributed by atoms with Crippen LogP contribution >= 0.6 is 0 Å². The zero-order valence-corrected chi connectivity index (χ0v) is 13.7. The lowest BCUT2D eigenvalue weighted by Gasteiger charge is -2.45. The lowest BCUT2D eigenvalue weighted by Crippen LogP contribution is -2.69. The maximum atomic E-state index is 12.3. The van der Waals surface area contributed by atoms with Gasteiger partial charge in [-0.15, -0.1) is 0 Å². The van der Waals surface area contributed by atoms with E-state index in [-0.39, 0.29) is 12.5 Å². The summed E-state index contributed by atoms with van der Waals surface area (Å²) in [6.07, 6.45) is 1.81. The fraction of sp³-hybridized carbons (Fsp3) is 0.375. The van der Waals surface area contributed by atoms with E-state index in [2.05, 4.69) is 5.32 Å². The highest BCUT2D eigenvalue weighted by Crippen LogP contribution is 2.30. The van der Waals surface area contributed by atoms with E-state index < -0.39 is 18.2 Å². The molecule has 8 nitrogen and oxygen atoms in total. The number of amides is 2. The molecule has 0 spiro atoms. The third-order valence-electron chi connectivity index (χ3n) is 3.78. The minimum absolute atomic E-state index is 0.280. The number of hydrogen-bond acceptors (Lipinski definition) is 5. The Hall–Kier alpha value is -2.90. The SMILES string of the molecule is CO/C=C/[C@@H]1[C@H](NC(=O)O)C(=O)N1Cc1ccc(OC)cc1OC. The van der Waals surface area contributed by atoms with Gasteiger partial charge in [0.25, 0.3) is 0 Å². The smallest absolute Gasteiger partial charge is 0.405 e. The first-order valence-corrected chi connectivity index (χ1v) is 7.22. The molecule has 1 aromatic rings. The van der Waals surface area contributed by atoms with Gasteiger partial charge < -0.3 is 29.5 Å². The highest BCUT2D eigenvalue weighted by molar-refractivity contribution is 5.92. The lowest BCUT2D eigenvalue weighted by molar-refractivity contribution is -0.149. The van der Waals surface area contributed by atoms with Crippen molar-refractivity contribution in [3.05, 3.63) is 36.1 Å². The number of hydrogen-bond donors (Lipinski definition) is 2. The quantitative estimate of drug-likeness (QED) is 0.574. The Morgan fingerprint density at radius 1 is 1.33 bits per heavy atom. The van der Waals surface area contributed by atoms with Crippen LogP contribution in [-0.2, 0) is 16.1 Å². The van der Waals surface area contributed by atoms with Gasteiger partial charge in [-0.3, -0.25) is 4.79 Å². The number of nitrogens with zero attached hydrogens (tertiary/aromatic N) is 1. The molecule has 2 atom stereocenters. The van der Waals surface area contributed by atoms with Crippen LogP contribution in [0.4, 0.5) is 4.79 Å². The molecule has 0 radical (unpaired) electrons. The van der Waals surface area contributed by atoms with E-state index in [1.165, 1.54) is 20.5 Å². The number of methoxy groups -OCH3 is 3. The second-order valence-electron chi connectivity index (χ2n) is 5.13. The van der Waals surface area contributed by atoms with Crippen molar-refractivity contribution in [1.82, 2.24) is 10.2 Å². The van der Waals surface area contributed by atoms with Gasteiger partial charge in [0.1, 0.15) is 17.5 Å². The van der Waals surface area contributed by atoms with E-state index in [1.807, 2.05) is 0 Å². The van der Waals surface area contributed by atoms with Crippen LogP contribution < -0.4 is 14.8 Å². The standard InChI is InChI=1S/C16H20N2O6/c1-22-7-6-12-14(17-16(20)21)15(19)18(12)9-10-4-5-11(23-2)8-13(10)24-3/h4-8,12,14,17H,9H2,1-3H3,(H,20,21)/b7-6+/t12-,14+/m1/s1. The van der Waals surface area contributed by atoms with Gasteiger partial charge in [0.2, 0.25) is 5.91 Å². The Balaban J connectivity index is 2.19. The van der Waals surface area contributed by atoms with E-state index in [9.17, 15) is 9.59 Å². The molecule has 8 heteroatoms. The summed E-state index contributed by atoms with van der Waals surface area (Å²) >= 11 is 0. The Kier molecular flexibility index (Phi) is 5.51. The number of rotatable bonds is 7. The van der Waals surface area contributed by atoms with E-state index in [0.717, 1.165) is 5.56 Å². The number of carbonyl (C=O) groups excluding carboxylic acids is 1.